The molecule has 0 aromatic carbocycles. The second-order valence-corrected chi connectivity index (χ2v) is 5.18. The fourth-order valence-electron chi connectivity index (χ4n) is 2.41. The van der Waals surface area contributed by atoms with Crippen LogP contribution in [-0.4, -0.2) is 34.6 Å². The van der Waals surface area contributed by atoms with E-state index in [0.717, 1.165) is 31.0 Å². The third-order valence-electron chi connectivity index (χ3n) is 3.78. The number of carbonyl (C=O) groups excluding carboxylic acids is 1. The highest BCUT2D eigenvalue weighted by molar-refractivity contribution is 5.76. The number of hydrogen-bond donors (Lipinski definition) is 1. The lowest BCUT2D eigenvalue weighted by atomic mass is 9.83. The Labute approximate surface area is 113 Å². The highest BCUT2D eigenvalue weighted by atomic mass is 16.5. The molecule has 1 aromatic heterocycles. The summed E-state index contributed by atoms with van der Waals surface area (Å²) >= 11 is 0. The van der Waals surface area contributed by atoms with Crippen molar-refractivity contribution in [2.45, 2.75) is 45.1 Å². The Bertz CT molecular complexity index is 426. The molecule has 6 heteroatoms. The van der Waals surface area contributed by atoms with Crippen LogP contribution in [0.25, 0.3) is 0 Å². The van der Waals surface area contributed by atoms with Crippen LogP contribution in [0.3, 0.4) is 0 Å². The van der Waals surface area contributed by atoms with Gasteiger partial charge in [0.2, 0.25) is 5.91 Å². The molecule has 1 heterocycles. The van der Waals surface area contributed by atoms with Gasteiger partial charge in [0.25, 0.3) is 0 Å². The van der Waals surface area contributed by atoms with Crippen molar-refractivity contribution in [3.8, 4) is 0 Å². The molecule has 0 spiro atoms. The SMILES string of the molecule is COCCc1c(CC(N)=O)nnn1CCC1CCC1. The van der Waals surface area contributed by atoms with Crippen molar-refractivity contribution in [1.29, 1.82) is 0 Å². The van der Waals surface area contributed by atoms with E-state index in [4.69, 9.17) is 10.5 Å². The smallest absolute Gasteiger partial charge is 0.223 e. The van der Waals surface area contributed by atoms with Crippen LogP contribution in [0.15, 0.2) is 0 Å². The van der Waals surface area contributed by atoms with Crippen LogP contribution in [0.1, 0.15) is 37.1 Å². The van der Waals surface area contributed by atoms with Gasteiger partial charge in [0, 0.05) is 20.1 Å². The minimum atomic E-state index is -0.371. The standard InChI is InChI=1S/C13H22N4O2/c1-19-8-6-12-11(9-13(14)18)15-16-17(12)7-5-10-3-2-4-10/h10H,2-9H2,1H3,(H2,14,18). The van der Waals surface area contributed by atoms with Gasteiger partial charge in [-0.15, -0.1) is 5.10 Å². The van der Waals surface area contributed by atoms with E-state index in [1.54, 1.807) is 7.11 Å². The normalized spacial score (nSPS) is 15.4. The second kappa shape index (κ2) is 6.65. The number of nitrogens with two attached hydrogens (primary N) is 1. The summed E-state index contributed by atoms with van der Waals surface area (Å²) in [6.45, 7) is 1.47. The number of primary amides is 1. The molecule has 6 nitrogen and oxygen atoms in total. The average Bonchev–Trinajstić information content (AvgIpc) is 2.66. The van der Waals surface area contributed by atoms with Gasteiger partial charge in [0.15, 0.2) is 0 Å². The molecular weight excluding hydrogens is 244 g/mol. The fourth-order valence-corrected chi connectivity index (χ4v) is 2.41. The molecule has 1 aliphatic carbocycles. The summed E-state index contributed by atoms with van der Waals surface area (Å²) in [4.78, 5) is 11.0. The number of aromatic nitrogens is 3. The lowest BCUT2D eigenvalue weighted by Gasteiger charge is -2.25. The van der Waals surface area contributed by atoms with Gasteiger partial charge in [-0.1, -0.05) is 24.5 Å². The summed E-state index contributed by atoms with van der Waals surface area (Å²) in [7, 11) is 1.66. The second-order valence-electron chi connectivity index (χ2n) is 5.18. The van der Waals surface area contributed by atoms with Gasteiger partial charge in [-0.2, -0.15) is 0 Å². The predicted octanol–water partition coefficient (Wildman–Crippen LogP) is 0.685. The maximum absolute atomic E-state index is 11.0. The van der Waals surface area contributed by atoms with Crippen molar-refractivity contribution in [1.82, 2.24) is 15.0 Å². The molecule has 0 atom stereocenters. The van der Waals surface area contributed by atoms with Gasteiger partial charge < -0.3 is 10.5 Å². The van der Waals surface area contributed by atoms with Gasteiger partial charge in [0.05, 0.1) is 24.4 Å². The lowest BCUT2D eigenvalue weighted by Crippen LogP contribution is -2.18. The highest BCUT2D eigenvalue weighted by Crippen LogP contribution is 2.29. The number of aryl methyl sites for hydroxylation is 1. The first-order chi connectivity index (χ1) is 9.20. The van der Waals surface area contributed by atoms with Gasteiger partial charge >= 0.3 is 0 Å². The Hall–Kier alpha value is -1.43. The van der Waals surface area contributed by atoms with Crippen molar-refractivity contribution >= 4 is 5.91 Å². The zero-order valence-electron chi connectivity index (χ0n) is 11.5. The van der Waals surface area contributed by atoms with Gasteiger partial charge in [-0.05, 0) is 12.3 Å². The van der Waals surface area contributed by atoms with E-state index in [1.165, 1.54) is 19.3 Å². The van der Waals surface area contributed by atoms with E-state index in [-0.39, 0.29) is 12.3 Å². The number of rotatable bonds is 8. The summed E-state index contributed by atoms with van der Waals surface area (Å²) in [5.41, 5.74) is 6.92. The van der Waals surface area contributed by atoms with Gasteiger partial charge in [-0.25, -0.2) is 4.68 Å². The molecule has 1 aliphatic rings. The summed E-state index contributed by atoms with van der Waals surface area (Å²) in [6, 6.07) is 0. The topological polar surface area (TPSA) is 83.0 Å². The third kappa shape index (κ3) is 3.76. The Morgan fingerprint density at radius 1 is 1.53 bits per heavy atom. The van der Waals surface area contributed by atoms with Crippen LogP contribution in [0.4, 0.5) is 0 Å². The minimum absolute atomic E-state index is 0.155. The van der Waals surface area contributed by atoms with Crippen molar-refractivity contribution in [3.05, 3.63) is 11.4 Å². The van der Waals surface area contributed by atoms with Crippen LogP contribution in [-0.2, 0) is 28.9 Å². The first kappa shape index (κ1) is 14.0. The van der Waals surface area contributed by atoms with Gasteiger partial charge in [-0.3, -0.25) is 4.79 Å². The van der Waals surface area contributed by atoms with Crippen molar-refractivity contribution in [2.24, 2.45) is 11.7 Å². The van der Waals surface area contributed by atoms with E-state index in [2.05, 4.69) is 10.3 Å². The highest BCUT2D eigenvalue weighted by Gasteiger charge is 2.19. The third-order valence-corrected chi connectivity index (χ3v) is 3.78. The fraction of sp³-hybridized carbons (Fsp3) is 0.769. The molecule has 0 saturated heterocycles. The Kier molecular flexibility index (Phi) is 4.90. The van der Waals surface area contributed by atoms with E-state index >= 15 is 0 Å². The molecule has 1 amide bonds. The minimum Gasteiger partial charge on any atom is -0.384 e. The molecule has 1 saturated carbocycles. The molecule has 0 aliphatic heterocycles. The summed E-state index contributed by atoms with van der Waals surface area (Å²) < 4.78 is 7.02. The maximum Gasteiger partial charge on any atom is 0.223 e. The van der Waals surface area contributed by atoms with Gasteiger partial charge in [0.1, 0.15) is 0 Å². The van der Waals surface area contributed by atoms with Crippen molar-refractivity contribution in [3.63, 3.8) is 0 Å². The van der Waals surface area contributed by atoms with Crippen LogP contribution in [0.5, 0.6) is 0 Å². The molecule has 0 radical (unpaired) electrons. The Balaban J connectivity index is 2.01. The largest absolute Gasteiger partial charge is 0.384 e. The zero-order chi connectivity index (χ0) is 13.7. The molecule has 0 bridgehead atoms. The average molecular weight is 266 g/mol. The maximum atomic E-state index is 11.0. The summed E-state index contributed by atoms with van der Waals surface area (Å²) in [5.74, 6) is 0.462. The van der Waals surface area contributed by atoms with E-state index in [0.29, 0.717) is 12.3 Å². The van der Waals surface area contributed by atoms with Crippen molar-refractivity contribution in [2.75, 3.05) is 13.7 Å². The summed E-state index contributed by atoms with van der Waals surface area (Å²) in [5, 5.41) is 8.24. The molecule has 19 heavy (non-hydrogen) atoms. The molecule has 2 N–H and O–H groups in total. The first-order valence-corrected chi connectivity index (χ1v) is 6.89. The molecular formula is C13H22N4O2. The number of methoxy groups -OCH3 is 1. The van der Waals surface area contributed by atoms with Crippen LogP contribution < -0.4 is 5.73 Å². The first-order valence-electron chi connectivity index (χ1n) is 6.89. The molecule has 1 fully saturated rings. The quantitative estimate of drug-likeness (QED) is 0.750. The number of amides is 1. The lowest BCUT2D eigenvalue weighted by molar-refractivity contribution is -0.117. The molecule has 0 unspecified atom stereocenters. The van der Waals surface area contributed by atoms with E-state index < -0.39 is 0 Å². The molecule has 2 rings (SSSR count). The number of hydrogen-bond acceptors (Lipinski definition) is 4. The number of carbonyl (C=O) groups is 1. The predicted molar refractivity (Wildman–Crippen MR) is 70.5 cm³/mol. The molecule has 1 aromatic rings. The van der Waals surface area contributed by atoms with Crippen LogP contribution in [0, 0.1) is 5.92 Å². The Morgan fingerprint density at radius 3 is 2.89 bits per heavy atom. The van der Waals surface area contributed by atoms with E-state index in [1.807, 2.05) is 4.68 Å². The number of nitrogens with zero attached hydrogens (tertiary/aromatic N) is 3. The van der Waals surface area contributed by atoms with Crippen molar-refractivity contribution < 1.29 is 9.53 Å². The van der Waals surface area contributed by atoms with E-state index in [9.17, 15) is 4.79 Å². The zero-order valence-corrected chi connectivity index (χ0v) is 11.5. The van der Waals surface area contributed by atoms with Crippen LogP contribution in [0.2, 0.25) is 0 Å². The van der Waals surface area contributed by atoms with Crippen LogP contribution >= 0.6 is 0 Å². The monoisotopic (exact) mass is 266 g/mol. The summed E-state index contributed by atoms with van der Waals surface area (Å²) in [6.07, 6.45) is 6.02. The Morgan fingerprint density at radius 2 is 2.32 bits per heavy atom. The molecule has 106 valence electrons. The number of ether oxygens (including phenoxy) is 1.